The highest BCUT2D eigenvalue weighted by atomic mass is 35.5. The van der Waals surface area contributed by atoms with E-state index in [-0.39, 0.29) is 15.6 Å². The topological polar surface area (TPSA) is 20.2 Å². The summed E-state index contributed by atoms with van der Waals surface area (Å²) in [6, 6.07) is 3.61. The second-order valence-corrected chi connectivity index (χ2v) is 3.85. The Morgan fingerprint density at radius 1 is 1.13 bits per heavy atom. The van der Waals surface area contributed by atoms with Gasteiger partial charge in [0.25, 0.3) is 0 Å². The van der Waals surface area contributed by atoms with E-state index in [2.05, 4.69) is 0 Å². The highest BCUT2D eigenvalue weighted by molar-refractivity contribution is 6.34. The zero-order chi connectivity index (χ0) is 11.6. The number of aliphatic hydroxyl groups is 1. The zero-order valence-electron chi connectivity index (χ0n) is 7.35. The molecule has 84 valence electrons. The molecule has 0 saturated carbocycles. The summed E-state index contributed by atoms with van der Waals surface area (Å²) < 4.78 is 37.3. The molecule has 1 N–H and O–H groups in total. The number of aliphatic hydroxyl groups excluding tert-OH is 1. The van der Waals surface area contributed by atoms with Gasteiger partial charge in [0, 0.05) is 10.0 Å². The lowest BCUT2D eigenvalue weighted by molar-refractivity contribution is -0.158. The van der Waals surface area contributed by atoms with Crippen LogP contribution >= 0.6 is 23.2 Å². The zero-order valence-corrected chi connectivity index (χ0v) is 8.87. The van der Waals surface area contributed by atoms with Gasteiger partial charge >= 0.3 is 6.18 Å². The van der Waals surface area contributed by atoms with Crippen molar-refractivity contribution in [3.63, 3.8) is 0 Å². The minimum Gasteiger partial charge on any atom is -0.395 e. The fraction of sp³-hybridized carbons (Fsp3) is 0.333. The summed E-state index contributed by atoms with van der Waals surface area (Å²) in [7, 11) is 0. The molecule has 0 aliphatic carbocycles. The largest absolute Gasteiger partial charge is 0.397 e. The first-order valence-corrected chi connectivity index (χ1v) is 4.73. The molecule has 0 aliphatic heterocycles. The van der Waals surface area contributed by atoms with Gasteiger partial charge in [-0.1, -0.05) is 23.2 Å². The molecule has 0 heterocycles. The van der Waals surface area contributed by atoms with Gasteiger partial charge in [0.2, 0.25) is 0 Å². The van der Waals surface area contributed by atoms with Crippen molar-refractivity contribution < 1.29 is 18.3 Å². The Morgan fingerprint density at radius 2 is 1.60 bits per heavy atom. The predicted molar refractivity (Wildman–Crippen MR) is 52.3 cm³/mol. The van der Waals surface area contributed by atoms with Gasteiger partial charge < -0.3 is 5.11 Å². The third-order valence-corrected chi connectivity index (χ3v) is 2.30. The molecule has 0 spiro atoms. The maximum Gasteiger partial charge on any atom is 0.397 e. The van der Waals surface area contributed by atoms with Gasteiger partial charge in [0.15, 0.2) is 0 Å². The summed E-state index contributed by atoms with van der Waals surface area (Å²) >= 11 is 11.1. The van der Waals surface area contributed by atoms with Gasteiger partial charge in [-0.15, -0.1) is 0 Å². The number of hydrogen-bond donors (Lipinski definition) is 1. The summed E-state index contributed by atoms with van der Waals surface area (Å²) in [6.45, 7) is -1.03. The molecule has 0 aliphatic rings. The van der Waals surface area contributed by atoms with Crippen LogP contribution in [-0.4, -0.2) is 17.9 Å². The lowest BCUT2D eigenvalue weighted by Gasteiger charge is -2.18. The van der Waals surface area contributed by atoms with Crippen LogP contribution in [0.3, 0.4) is 0 Å². The molecule has 0 amide bonds. The van der Waals surface area contributed by atoms with Crippen LogP contribution in [0.25, 0.3) is 0 Å². The summed E-state index contributed by atoms with van der Waals surface area (Å²) in [6.07, 6.45) is -4.51. The standard InChI is InChI=1S/C9H7Cl2F3O/c10-6-1-5(2-7(11)3-6)8(4-15)9(12,13)14/h1-3,8,15H,4H2. The van der Waals surface area contributed by atoms with Crippen LogP contribution in [0.15, 0.2) is 18.2 Å². The van der Waals surface area contributed by atoms with Gasteiger partial charge in [-0.05, 0) is 23.8 Å². The van der Waals surface area contributed by atoms with Crippen molar-refractivity contribution in [2.45, 2.75) is 12.1 Å². The first kappa shape index (κ1) is 12.6. The van der Waals surface area contributed by atoms with Crippen LogP contribution in [0.5, 0.6) is 0 Å². The molecule has 1 unspecified atom stereocenters. The first-order chi connectivity index (χ1) is 6.84. The van der Waals surface area contributed by atoms with Gasteiger partial charge in [0.05, 0.1) is 6.61 Å². The Balaban J connectivity index is 3.13. The van der Waals surface area contributed by atoms with Gasteiger partial charge in [-0.3, -0.25) is 0 Å². The fourth-order valence-corrected chi connectivity index (χ4v) is 1.72. The molecule has 0 saturated heterocycles. The number of halogens is 5. The molecular formula is C9H7Cl2F3O. The van der Waals surface area contributed by atoms with Crippen molar-refractivity contribution in [2.24, 2.45) is 0 Å². The third kappa shape index (κ3) is 3.26. The summed E-state index contributed by atoms with van der Waals surface area (Å²) in [5.74, 6) is -1.95. The summed E-state index contributed by atoms with van der Waals surface area (Å²) in [5.41, 5.74) is -0.137. The highest BCUT2D eigenvalue weighted by Gasteiger charge is 2.40. The van der Waals surface area contributed by atoms with Crippen LogP contribution in [0, 0.1) is 0 Å². The van der Waals surface area contributed by atoms with E-state index in [0.29, 0.717) is 0 Å². The van der Waals surface area contributed by atoms with E-state index in [1.54, 1.807) is 0 Å². The Morgan fingerprint density at radius 3 is 1.93 bits per heavy atom. The van der Waals surface area contributed by atoms with Gasteiger partial charge in [0.1, 0.15) is 5.92 Å². The van der Waals surface area contributed by atoms with Crippen molar-refractivity contribution in [3.8, 4) is 0 Å². The van der Waals surface area contributed by atoms with Crippen LogP contribution in [0.4, 0.5) is 13.2 Å². The molecule has 0 fully saturated rings. The Kier molecular flexibility index (Phi) is 3.87. The van der Waals surface area contributed by atoms with Crippen LogP contribution in [0.1, 0.15) is 11.5 Å². The summed E-state index contributed by atoms with van der Waals surface area (Å²) in [4.78, 5) is 0. The highest BCUT2D eigenvalue weighted by Crippen LogP contribution is 2.36. The first-order valence-electron chi connectivity index (χ1n) is 3.98. The number of benzene rings is 1. The molecule has 0 bridgehead atoms. The minimum atomic E-state index is -4.51. The van der Waals surface area contributed by atoms with E-state index < -0.39 is 18.7 Å². The molecule has 0 aromatic heterocycles. The molecule has 1 rings (SSSR count). The van der Waals surface area contributed by atoms with Crippen LogP contribution < -0.4 is 0 Å². The molecule has 0 radical (unpaired) electrons. The maximum atomic E-state index is 12.4. The molecule has 1 aromatic carbocycles. The Hall–Kier alpha value is -0.450. The smallest absolute Gasteiger partial charge is 0.395 e. The van der Waals surface area contributed by atoms with E-state index in [1.807, 2.05) is 0 Å². The van der Waals surface area contributed by atoms with Crippen molar-refractivity contribution >= 4 is 23.2 Å². The average Bonchev–Trinajstić information content (AvgIpc) is 1.99. The molecule has 15 heavy (non-hydrogen) atoms. The number of rotatable bonds is 2. The van der Waals surface area contributed by atoms with Gasteiger partial charge in [-0.25, -0.2) is 0 Å². The molecule has 1 nitrogen and oxygen atoms in total. The van der Waals surface area contributed by atoms with E-state index in [4.69, 9.17) is 28.3 Å². The Labute approximate surface area is 94.4 Å². The fourth-order valence-electron chi connectivity index (χ4n) is 1.17. The minimum absolute atomic E-state index is 0.111. The van der Waals surface area contributed by atoms with E-state index >= 15 is 0 Å². The van der Waals surface area contributed by atoms with Crippen molar-refractivity contribution in [1.82, 2.24) is 0 Å². The van der Waals surface area contributed by atoms with Crippen molar-refractivity contribution in [1.29, 1.82) is 0 Å². The SMILES string of the molecule is OCC(c1cc(Cl)cc(Cl)c1)C(F)(F)F. The number of hydrogen-bond acceptors (Lipinski definition) is 1. The van der Waals surface area contributed by atoms with E-state index in [0.717, 1.165) is 12.1 Å². The van der Waals surface area contributed by atoms with Crippen LogP contribution in [0.2, 0.25) is 10.0 Å². The average molecular weight is 259 g/mol. The van der Waals surface area contributed by atoms with E-state index in [1.165, 1.54) is 6.07 Å². The maximum absolute atomic E-state index is 12.4. The monoisotopic (exact) mass is 258 g/mol. The molecule has 6 heteroatoms. The second-order valence-electron chi connectivity index (χ2n) is 2.98. The van der Waals surface area contributed by atoms with Crippen molar-refractivity contribution in [2.75, 3.05) is 6.61 Å². The second kappa shape index (κ2) is 4.60. The quantitative estimate of drug-likeness (QED) is 0.859. The van der Waals surface area contributed by atoms with Crippen molar-refractivity contribution in [3.05, 3.63) is 33.8 Å². The Bertz CT molecular complexity index is 331. The normalized spacial score (nSPS) is 14.0. The van der Waals surface area contributed by atoms with Gasteiger partial charge in [-0.2, -0.15) is 13.2 Å². The lowest BCUT2D eigenvalue weighted by atomic mass is 10.00. The molecular weight excluding hydrogens is 252 g/mol. The molecule has 1 atom stereocenters. The molecule has 1 aromatic rings. The predicted octanol–water partition coefficient (Wildman–Crippen LogP) is 3.63. The summed E-state index contributed by atoms with van der Waals surface area (Å²) in [5, 5.41) is 8.91. The third-order valence-electron chi connectivity index (χ3n) is 1.86. The number of alkyl halides is 3. The van der Waals surface area contributed by atoms with Crippen LogP contribution in [-0.2, 0) is 0 Å². The lowest BCUT2D eigenvalue weighted by Crippen LogP contribution is -2.24. The van der Waals surface area contributed by atoms with E-state index in [9.17, 15) is 13.2 Å².